The molecule has 0 spiro atoms. The first-order chi connectivity index (χ1) is 10.5. The molecule has 0 fully saturated rings. The van der Waals surface area contributed by atoms with Crippen molar-refractivity contribution >= 4 is 39.2 Å². The monoisotopic (exact) mass is 385 g/mol. The molecule has 2 aromatic rings. The molecule has 0 aliphatic carbocycles. The summed E-state index contributed by atoms with van der Waals surface area (Å²) in [6, 6.07) is 9.81. The molecule has 0 atom stereocenters. The highest BCUT2D eigenvalue weighted by Crippen LogP contribution is 2.27. The standard InChI is InChI=1S/C15H14BrClFN3O/c1-22-14-5-3-11(7-12(14)17)21-15(19)20-8-9-6-10(16)2-4-13(9)18/h2-7H,8H2,1H3,(H3,19,20,21). The third-order valence-electron chi connectivity index (χ3n) is 2.85. The molecule has 7 heteroatoms. The van der Waals surface area contributed by atoms with Crippen LogP contribution in [-0.2, 0) is 6.54 Å². The number of nitrogens with zero attached hydrogens (tertiary/aromatic N) is 1. The second-order valence-electron chi connectivity index (χ2n) is 4.41. The van der Waals surface area contributed by atoms with Gasteiger partial charge in [0.05, 0.1) is 18.7 Å². The molecule has 0 bridgehead atoms. The maximum Gasteiger partial charge on any atom is 0.193 e. The van der Waals surface area contributed by atoms with Crippen LogP contribution in [0.25, 0.3) is 0 Å². The Hall–Kier alpha value is -1.79. The maximum atomic E-state index is 13.6. The van der Waals surface area contributed by atoms with Crippen molar-refractivity contribution in [3.63, 3.8) is 0 Å². The van der Waals surface area contributed by atoms with Gasteiger partial charge in [-0.15, -0.1) is 0 Å². The number of hydrogen-bond acceptors (Lipinski definition) is 2. The van der Waals surface area contributed by atoms with Crippen LogP contribution in [0.1, 0.15) is 5.56 Å². The fourth-order valence-electron chi connectivity index (χ4n) is 1.77. The first-order valence-corrected chi connectivity index (χ1v) is 7.51. The zero-order valence-electron chi connectivity index (χ0n) is 11.7. The molecular formula is C15H14BrClFN3O. The maximum absolute atomic E-state index is 13.6. The van der Waals surface area contributed by atoms with E-state index in [-0.39, 0.29) is 18.3 Å². The number of nitrogens with two attached hydrogens (primary N) is 1. The van der Waals surface area contributed by atoms with Gasteiger partial charge in [0.25, 0.3) is 0 Å². The number of methoxy groups -OCH3 is 1. The largest absolute Gasteiger partial charge is 0.495 e. The molecule has 0 saturated heterocycles. The molecule has 2 rings (SSSR count). The molecule has 0 unspecified atom stereocenters. The molecule has 22 heavy (non-hydrogen) atoms. The van der Waals surface area contributed by atoms with E-state index in [2.05, 4.69) is 26.2 Å². The number of nitrogens with one attached hydrogen (secondary N) is 1. The summed E-state index contributed by atoms with van der Waals surface area (Å²) in [5.74, 6) is 0.409. The highest BCUT2D eigenvalue weighted by Gasteiger charge is 2.04. The lowest BCUT2D eigenvalue weighted by Crippen LogP contribution is -2.22. The molecule has 0 aromatic heterocycles. The summed E-state index contributed by atoms with van der Waals surface area (Å²) >= 11 is 9.31. The molecule has 4 nitrogen and oxygen atoms in total. The average Bonchev–Trinajstić information content (AvgIpc) is 2.48. The van der Waals surface area contributed by atoms with Gasteiger partial charge in [-0.05, 0) is 36.4 Å². The lowest BCUT2D eigenvalue weighted by atomic mass is 10.2. The lowest BCUT2D eigenvalue weighted by molar-refractivity contribution is 0.415. The first kappa shape index (κ1) is 16.6. The number of aliphatic imine (C=N–C) groups is 1. The normalized spacial score (nSPS) is 11.4. The van der Waals surface area contributed by atoms with E-state index in [1.165, 1.54) is 13.2 Å². The van der Waals surface area contributed by atoms with Crippen molar-refractivity contribution in [2.75, 3.05) is 12.4 Å². The van der Waals surface area contributed by atoms with Gasteiger partial charge in [-0.2, -0.15) is 0 Å². The van der Waals surface area contributed by atoms with Crippen LogP contribution < -0.4 is 15.8 Å². The zero-order valence-corrected chi connectivity index (χ0v) is 14.1. The van der Waals surface area contributed by atoms with Crippen LogP contribution in [0, 0.1) is 5.82 Å². The Morgan fingerprint density at radius 1 is 1.36 bits per heavy atom. The Morgan fingerprint density at radius 2 is 2.14 bits per heavy atom. The van der Waals surface area contributed by atoms with E-state index in [4.69, 9.17) is 22.1 Å². The van der Waals surface area contributed by atoms with Crippen LogP contribution in [0.2, 0.25) is 5.02 Å². The summed E-state index contributed by atoms with van der Waals surface area (Å²) in [6.07, 6.45) is 0. The van der Waals surface area contributed by atoms with Gasteiger partial charge in [-0.3, -0.25) is 0 Å². The Morgan fingerprint density at radius 3 is 2.82 bits per heavy atom. The van der Waals surface area contributed by atoms with Crippen LogP contribution in [0.5, 0.6) is 5.75 Å². The first-order valence-electron chi connectivity index (χ1n) is 6.34. The van der Waals surface area contributed by atoms with Crippen LogP contribution in [0.3, 0.4) is 0 Å². The number of rotatable bonds is 4. The summed E-state index contributed by atoms with van der Waals surface area (Å²) in [7, 11) is 1.54. The molecule has 0 heterocycles. The van der Waals surface area contributed by atoms with Gasteiger partial charge in [0.2, 0.25) is 0 Å². The second-order valence-corrected chi connectivity index (χ2v) is 5.73. The van der Waals surface area contributed by atoms with Gasteiger partial charge >= 0.3 is 0 Å². The summed E-state index contributed by atoms with van der Waals surface area (Å²) in [6.45, 7) is 0.133. The Bertz CT molecular complexity index is 709. The molecule has 116 valence electrons. The number of guanidine groups is 1. The molecule has 2 aromatic carbocycles. The number of hydrogen-bond donors (Lipinski definition) is 2. The van der Waals surface area contributed by atoms with Crippen LogP contribution in [-0.4, -0.2) is 13.1 Å². The molecular weight excluding hydrogens is 373 g/mol. The highest BCUT2D eigenvalue weighted by molar-refractivity contribution is 9.10. The van der Waals surface area contributed by atoms with Gasteiger partial charge in [-0.25, -0.2) is 9.38 Å². The molecule has 0 saturated carbocycles. The van der Waals surface area contributed by atoms with Crippen LogP contribution >= 0.6 is 27.5 Å². The van der Waals surface area contributed by atoms with Crippen molar-refractivity contribution in [1.29, 1.82) is 0 Å². The van der Waals surface area contributed by atoms with Crippen molar-refractivity contribution in [2.24, 2.45) is 10.7 Å². The van der Waals surface area contributed by atoms with E-state index in [9.17, 15) is 4.39 Å². The summed E-state index contributed by atoms with van der Waals surface area (Å²) in [4.78, 5) is 4.11. The second kappa shape index (κ2) is 7.47. The predicted octanol–water partition coefficient (Wildman–Crippen LogP) is 4.18. The van der Waals surface area contributed by atoms with Crippen LogP contribution in [0.4, 0.5) is 10.1 Å². The quantitative estimate of drug-likeness (QED) is 0.612. The smallest absolute Gasteiger partial charge is 0.193 e. The van der Waals surface area contributed by atoms with Gasteiger partial charge < -0.3 is 15.8 Å². The van der Waals surface area contributed by atoms with Gasteiger partial charge in [-0.1, -0.05) is 27.5 Å². The minimum atomic E-state index is -0.327. The van der Waals surface area contributed by atoms with Crippen LogP contribution in [0.15, 0.2) is 45.9 Å². The molecule has 0 aliphatic rings. The minimum absolute atomic E-state index is 0.133. The van der Waals surface area contributed by atoms with E-state index in [1.54, 1.807) is 30.3 Å². The Balaban J connectivity index is 2.06. The third-order valence-corrected chi connectivity index (χ3v) is 3.64. The van der Waals surface area contributed by atoms with E-state index in [0.717, 1.165) is 4.47 Å². The molecule has 0 aliphatic heterocycles. The minimum Gasteiger partial charge on any atom is -0.495 e. The van der Waals surface area contributed by atoms with Gasteiger partial charge in [0.15, 0.2) is 5.96 Å². The average molecular weight is 387 g/mol. The predicted molar refractivity (Wildman–Crippen MR) is 91.1 cm³/mol. The Labute approximate surface area is 141 Å². The third kappa shape index (κ3) is 4.35. The topological polar surface area (TPSA) is 59.6 Å². The van der Waals surface area contributed by atoms with Crippen molar-refractivity contribution in [3.05, 3.63) is 57.3 Å². The molecule has 0 amide bonds. The number of ether oxygens (including phenoxy) is 1. The Kier molecular flexibility index (Phi) is 5.63. The van der Waals surface area contributed by atoms with Crippen molar-refractivity contribution < 1.29 is 9.13 Å². The molecule has 0 radical (unpaired) electrons. The van der Waals surface area contributed by atoms with E-state index >= 15 is 0 Å². The fourth-order valence-corrected chi connectivity index (χ4v) is 2.43. The summed E-state index contributed by atoms with van der Waals surface area (Å²) < 4.78 is 19.5. The lowest BCUT2D eigenvalue weighted by Gasteiger charge is -2.08. The SMILES string of the molecule is COc1ccc(NC(N)=NCc2cc(Br)ccc2F)cc1Cl. The van der Waals surface area contributed by atoms with E-state index in [1.807, 2.05) is 0 Å². The van der Waals surface area contributed by atoms with Crippen molar-refractivity contribution in [3.8, 4) is 5.75 Å². The number of halogens is 3. The van der Waals surface area contributed by atoms with Crippen molar-refractivity contribution in [2.45, 2.75) is 6.54 Å². The fraction of sp³-hybridized carbons (Fsp3) is 0.133. The number of benzene rings is 2. The van der Waals surface area contributed by atoms with E-state index in [0.29, 0.717) is 22.0 Å². The van der Waals surface area contributed by atoms with E-state index < -0.39 is 0 Å². The highest BCUT2D eigenvalue weighted by atomic mass is 79.9. The summed E-state index contributed by atoms with van der Waals surface area (Å²) in [5, 5.41) is 3.35. The van der Waals surface area contributed by atoms with Gasteiger partial charge in [0, 0.05) is 15.7 Å². The summed E-state index contributed by atoms with van der Waals surface area (Å²) in [5.41, 5.74) is 6.91. The molecule has 3 N–H and O–H groups in total. The van der Waals surface area contributed by atoms with Gasteiger partial charge in [0.1, 0.15) is 11.6 Å². The number of anilines is 1. The zero-order chi connectivity index (χ0) is 16.1. The van der Waals surface area contributed by atoms with Crippen molar-refractivity contribution in [1.82, 2.24) is 0 Å².